The molecule has 0 radical (unpaired) electrons. The summed E-state index contributed by atoms with van der Waals surface area (Å²) in [5, 5.41) is 28.3. The maximum Gasteiger partial charge on any atom is 0.245 e. The van der Waals surface area contributed by atoms with E-state index >= 15 is 0 Å². The molecule has 5 aromatic rings. The maximum atomic E-state index is 10.2. The Morgan fingerprint density at radius 2 is 1.51 bits per heavy atom. The predicted molar refractivity (Wildman–Crippen MR) is 160 cm³/mol. The Balaban J connectivity index is 1.72. The molecule has 0 aliphatic rings. The predicted octanol–water partition coefficient (Wildman–Crippen LogP) is 5.22. The first-order valence-electron chi connectivity index (χ1n) is 13.9. The second-order valence-corrected chi connectivity index (χ2v) is 9.94. The number of methoxy groups -OCH3 is 1. The number of benzene rings is 3. The molecule has 0 amide bonds. The third-order valence-corrected chi connectivity index (χ3v) is 7.18. The molecule has 2 heterocycles. The van der Waals surface area contributed by atoms with E-state index in [2.05, 4.69) is 36.5 Å². The second kappa shape index (κ2) is 12.8. The van der Waals surface area contributed by atoms with Crippen molar-refractivity contribution in [1.82, 2.24) is 14.6 Å². The van der Waals surface area contributed by atoms with Crippen LogP contribution in [-0.2, 0) is 12.0 Å². The van der Waals surface area contributed by atoms with Crippen LogP contribution >= 0.6 is 0 Å². The fourth-order valence-electron chi connectivity index (χ4n) is 5.06. The van der Waals surface area contributed by atoms with E-state index in [0.29, 0.717) is 24.0 Å². The average molecular weight is 553 g/mol. The van der Waals surface area contributed by atoms with Crippen LogP contribution < -0.4 is 14.8 Å². The van der Waals surface area contributed by atoms with Gasteiger partial charge in [-0.1, -0.05) is 86.1 Å². The van der Waals surface area contributed by atoms with Gasteiger partial charge in [0.2, 0.25) is 11.8 Å². The highest BCUT2D eigenvalue weighted by molar-refractivity contribution is 5.62. The van der Waals surface area contributed by atoms with E-state index in [1.165, 1.54) is 0 Å². The number of hydrogen-bond donors (Lipinski definition) is 3. The van der Waals surface area contributed by atoms with E-state index in [1.807, 2.05) is 72.8 Å². The number of hydrogen-bond acceptors (Lipinski definition) is 7. The highest BCUT2D eigenvalue weighted by Gasteiger charge is 2.37. The van der Waals surface area contributed by atoms with Gasteiger partial charge in [0, 0.05) is 12.1 Å². The second-order valence-electron chi connectivity index (χ2n) is 9.94. The number of nitrogens with zero attached hydrogens (tertiary/aromatic N) is 3. The maximum absolute atomic E-state index is 10.2. The van der Waals surface area contributed by atoms with Gasteiger partial charge in [-0.05, 0) is 47.4 Å². The Kier molecular flexibility index (Phi) is 8.82. The quantitative estimate of drug-likeness (QED) is 0.136. The van der Waals surface area contributed by atoms with Crippen molar-refractivity contribution in [2.24, 2.45) is 0 Å². The van der Waals surface area contributed by atoms with E-state index in [9.17, 15) is 10.2 Å². The molecule has 0 aliphatic carbocycles. The molecule has 0 saturated carbocycles. The van der Waals surface area contributed by atoms with Gasteiger partial charge >= 0.3 is 0 Å². The Hall–Kier alpha value is -4.40. The van der Waals surface area contributed by atoms with Crippen molar-refractivity contribution in [3.63, 3.8) is 0 Å². The van der Waals surface area contributed by atoms with E-state index in [-0.39, 0.29) is 13.0 Å². The van der Waals surface area contributed by atoms with Crippen LogP contribution in [-0.4, -0.2) is 51.2 Å². The number of anilines is 1. The van der Waals surface area contributed by atoms with Gasteiger partial charge in [0.05, 0.1) is 26.4 Å². The standard InChI is InChI=1S/C33H36N4O4/c1-3-4-21-41-31-30-20-17-27(22-28(39)23-38)37(30)36-32(34-31)35-33(24-11-7-5-8-12-24,25-13-9-6-10-14-25)26-15-18-29(40-2)19-16-26/h5-20,28,38-39H,3-4,21-23H2,1-2H3,(H,35,36). The van der Waals surface area contributed by atoms with Crippen LogP contribution in [0.25, 0.3) is 5.52 Å². The molecular weight excluding hydrogens is 516 g/mol. The largest absolute Gasteiger partial charge is 0.497 e. The summed E-state index contributed by atoms with van der Waals surface area (Å²) in [6.07, 6.45) is 1.20. The molecule has 1 unspecified atom stereocenters. The lowest BCUT2D eigenvalue weighted by atomic mass is 9.77. The summed E-state index contributed by atoms with van der Waals surface area (Å²) in [5.41, 5.74) is 3.52. The number of rotatable bonds is 13. The molecule has 0 saturated heterocycles. The molecule has 0 bridgehead atoms. The Morgan fingerprint density at radius 1 is 0.878 bits per heavy atom. The monoisotopic (exact) mass is 552 g/mol. The van der Waals surface area contributed by atoms with Gasteiger partial charge in [-0.15, -0.1) is 5.10 Å². The average Bonchev–Trinajstić information content (AvgIpc) is 3.43. The molecule has 2 aromatic heterocycles. The van der Waals surface area contributed by atoms with Crippen LogP contribution in [0.15, 0.2) is 97.1 Å². The van der Waals surface area contributed by atoms with Gasteiger partial charge in [-0.25, -0.2) is 4.52 Å². The van der Waals surface area contributed by atoms with E-state index < -0.39 is 11.6 Å². The van der Waals surface area contributed by atoms with Crippen LogP contribution in [0.3, 0.4) is 0 Å². The van der Waals surface area contributed by atoms with Gasteiger partial charge in [0.25, 0.3) is 0 Å². The number of aliphatic hydroxyl groups is 2. The van der Waals surface area contributed by atoms with Gasteiger partial charge in [0.1, 0.15) is 16.8 Å². The molecule has 3 aromatic carbocycles. The summed E-state index contributed by atoms with van der Waals surface area (Å²) in [4.78, 5) is 4.88. The van der Waals surface area contributed by atoms with Crippen LogP contribution in [0.2, 0.25) is 0 Å². The topological polar surface area (TPSA) is 101 Å². The summed E-state index contributed by atoms with van der Waals surface area (Å²) >= 11 is 0. The Bertz CT molecular complexity index is 1500. The van der Waals surface area contributed by atoms with Crippen molar-refractivity contribution in [2.45, 2.75) is 37.8 Å². The van der Waals surface area contributed by atoms with Crippen LogP contribution in [0.1, 0.15) is 42.1 Å². The molecule has 0 fully saturated rings. The highest BCUT2D eigenvalue weighted by Crippen LogP contribution is 2.40. The summed E-state index contributed by atoms with van der Waals surface area (Å²) in [5.74, 6) is 1.56. The number of fused-ring (bicyclic) bond motifs is 1. The molecule has 1 atom stereocenters. The summed E-state index contributed by atoms with van der Waals surface area (Å²) in [7, 11) is 1.65. The van der Waals surface area contributed by atoms with Crippen LogP contribution in [0, 0.1) is 0 Å². The Labute approximate surface area is 240 Å². The summed E-state index contributed by atoms with van der Waals surface area (Å²) in [6.45, 7) is 2.29. The van der Waals surface area contributed by atoms with Gasteiger partial charge in [-0.2, -0.15) is 4.98 Å². The van der Waals surface area contributed by atoms with Crippen molar-refractivity contribution in [3.8, 4) is 11.6 Å². The molecule has 8 nitrogen and oxygen atoms in total. The number of aromatic nitrogens is 3. The fraction of sp³-hybridized carbons (Fsp3) is 0.273. The van der Waals surface area contributed by atoms with Gasteiger partial charge in [0.15, 0.2) is 0 Å². The molecule has 5 rings (SSSR count). The summed E-state index contributed by atoms with van der Waals surface area (Å²) in [6, 6.07) is 32.1. The smallest absolute Gasteiger partial charge is 0.245 e. The van der Waals surface area contributed by atoms with Crippen molar-refractivity contribution in [3.05, 3.63) is 119 Å². The minimum absolute atomic E-state index is 0.233. The normalized spacial score (nSPS) is 12.3. The zero-order chi connectivity index (χ0) is 28.7. The Morgan fingerprint density at radius 3 is 2.10 bits per heavy atom. The summed E-state index contributed by atoms with van der Waals surface area (Å²) < 4.78 is 13.4. The highest BCUT2D eigenvalue weighted by atomic mass is 16.5. The zero-order valence-corrected chi connectivity index (χ0v) is 23.4. The van der Waals surface area contributed by atoms with Gasteiger partial charge < -0.3 is 25.0 Å². The molecule has 8 heteroatoms. The number of nitrogens with one attached hydrogen (secondary N) is 1. The third-order valence-electron chi connectivity index (χ3n) is 7.18. The van der Waals surface area contributed by atoms with E-state index in [0.717, 1.165) is 41.0 Å². The number of aliphatic hydroxyl groups excluding tert-OH is 2. The molecule has 212 valence electrons. The van der Waals surface area contributed by atoms with Crippen molar-refractivity contribution in [2.75, 3.05) is 25.6 Å². The van der Waals surface area contributed by atoms with Crippen LogP contribution in [0.4, 0.5) is 5.95 Å². The fourth-order valence-corrected chi connectivity index (χ4v) is 5.06. The van der Waals surface area contributed by atoms with Crippen molar-refractivity contribution < 1.29 is 19.7 Å². The molecule has 0 spiro atoms. The number of ether oxygens (including phenoxy) is 2. The first-order valence-corrected chi connectivity index (χ1v) is 13.9. The van der Waals surface area contributed by atoms with E-state index in [1.54, 1.807) is 11.6 Å². The van der Waals surface area contributed by atoms with Gasteiger partial charge in [-0.3, -0.25) is 0 Å². The lowest BCUT2D eigenvalue weighted by Gasteiger charge is -2.37. The third kappa shape index (κ3) is 5.89. The molecule has 0 aliphatic heterocycles. The lowest BCUT2D eigenvalue weighted by Crippen LogP contribution is -2.39. The minimum atomic E-state index is -0.907. The lowest BCUT2D eigenvalue weighted by molar-refractivity contribution is 0.0944. The number of unbranched alkanes of at least 4 members (excludes halogenated alkanes) is 1. The first-order chi connectivity index (χ1) is 20.1. The SMILES string of the molecule is CCCCOc1nc(NC(c2ccccc2)(c2ccccc2)c2ccc(OC)cc2)nn2c(CC(O)CO)ccc12. The minimum Gasteiger partial charge on any atom is -0.497 e. The van der Waals surface area contributed by atoms with Crippen molar-refractivity contribution in [1.29, 1.82) is 0 Å². The zero-order valence-electron chi connectivity index (χ0n) is 23.4. The van der Waals surface area contributed by atoms with E-state index in [4.69, 9.17) is 19.6 Å². The van der Waals surface area contributed by atoms with Crippen LogP contribution in [0.5, 0.6) is 11.6 Å². The molecule has 3 N–H and O–H groups in total. The molecule has 41 heavy (non-hydrogen) atoms. The first kappa shape index (κ1) is 28.1. The van der Waals surface area contributed by atoms with Crippen molar-refractivity contribution >= 4 is 11.5 Å². The molecular formula is C33H36N4O4.